The van der Waals surface area contributed by atoms with Crippen molar-refractivity contribution in [2.45, 2.75) is 38.7 Å². The van der Waals surface area contributed by atoms with Gasteiger partial charge in [-0.05, 0) is 61.6 Å². The molecule has 3 aromatic rings. The number of nitrogens with one attached hydrogen (secondary N) is 2. The highest BCUT2D eigenvalue weighted by molar-refractivity contribution is 6.34. The minimum absolute atomic E-state index is 0.0768. The fraction of sp³-hybridized carbons (Fsp3) is 0.310. The Morgan fingerprint density at radius 3 is 2.46 bits per heavy atom. The van der Waals surface area contributed by atoms with Crippen molar-refractivity contribution in [3.8, 4) is 16.9 Å². The summed E-state index contributed by atoms with van der Waals surface area (Å²) in [6, 6.07) is 16.4. The van der Waals surface area contributed by atoms with Gasteiger partial charge in [0.25, 0.3) is 0 Å². The number of amides is 1. The van der Waals surface area contributed by atoms with E-state index in [4.69, 9.17) is 22.1 Å². The monoisotopic (exact) mass is 557 g/mol. The van der Waals surface area contributed by atoms with E-state index in [0.29, 0.717) is 22.6 Å². The smallest absolute Gasteiger partial charge is 0.387 e. The summed E-state index contributed by atoms with van der Waals surface area (Å²) in [5.74, 6) is -1.24. The first-order valence-electron chi connectivity index (χ1n) is 12.7. The lowest BCUT2D eigenvalue weighted by Gasteiger charge is -2.19. The number of para-hydroxylation sites is 1. The molecule has 39 heavy (non-hydrogen) atoms. The van der Waals surface area contributed by atoms with Crippen molar-refractivity contribution in [1.82, 2.24) is 0 Å². The highest BCUT2D eigenvalue weighted by atomic mass is 35.5. The summed E-state index contributed by atoms with van der Waals surface area (Å²) in [4.78, 5) is 25.9. The van der Waals surface area contributed by atoms with Crippen LogP contribution in [0.5, 0.6) is 5.75 Å². The van der Waals surface area contributed by atoms with Gasteiger partial charge in [0.05, 0.1) is 35.3 Å². The van der Waals surface area contributed by atoms with Gasteiger partial charge in [0.1, 0.15) is 5.75 Å². The zero-order valence-corrected chi connectivity index (χ0v) is 22.1. The molecule has 1 fully saturated rings. The van der Waals surface area contributed by atoms with Crippen molar-refractivity contribution >= 4 is 40.5 Å². The van der Waals surface area contributed by atoms with E-state index in [-0.39, 0.29) is 35.2 Å². The summed E-state index contributed by atoms with van der Waals surface area (Å²) in [6.07, 6.45) is 2.28. The van der Waals surface area contributed by atoms with Crippen LogP contribution in [-0.4, -0.2) is 31.6 Å². The zero-order valence-electron chi connectivity index (χ0n) is 21.4. The number of halogens is 3. The highest BCUT2D eigenvalue weighted by Crippen LogP contribution is 2.40. The van der Waals surface area contributed by atoms with Crippen LogP contribution in [0.3, 0.4) is 0 Å². The molecule has 4 rings (SSSR count). The predicted octanol–water partition coefficient (Wildman–Crippen LogP) is 6.69. The fourth-order valence-corrected chi connectivity index (χ4v) is 4.45. The second-order valence-corrected chi connectivity index (χ2v) is 9.70. The van der Waals surface area contributed by atoms with Crippen LogP contribution in [0.15, 0.2) is 60.7 Å². The van der Waals surface area contributed by atoms with Crippen LogP contribution >= 0.6 is 11.6 Å². The molecule has 1 atom stereocenters. The zero-order chi connectivity index (χ0) is 27.9. The molecular formula is C29H30ClF2N3O4. The number of rotatable bonds is 12. The average molecular weight is 558 g/mol. The predicted molar refractivity (Wildman–Crippen MR) is 148 cm³/mol. The number of nitrogens with two attached hydrogens (primary N) is 1. The first-order valence-corrected chi connectivity index (χ1v) is 13.1. The molecule has 0 aliphatic heterocycles. The van der Waals surface area contributed by atoms with Crippen molar-refractivity contribution in [2.75, 3.05) is 29.5 Å². The number of hydrogen-bond donors (Lipinski definition) is 3. The van der Waals surface area contributed by atoms with Crippen molar-refractivity contribution in [3.05, 3.63) is 71.2 Å². The molecule has 1 aliphatic carbocycles. The van der Waals surface area contributed by atoms with Gasteiger partial charge in [0, 0.05) is 23.4 Å². The first-order chi connectivity index (χ1) is 18.7. The number of carbonyl (C=O) groups excluding carboxylic acids is 2. The summed E-state index contributed by atoms with van der Waals surface area (Å²) < 4.78 is 35.7. The largest absolute Gasteiger partial charge is 0.466 e. The third-order valence-electron chi connectivity index (χ3n) is 6.39. The molecule has 1 aliphatic rings. The maximum absolute atomic E-state index is 13.5. The Balaban J connectivity index is 1.60. The minimum atomic E-state index is -3.03. The van der Waals surface area contributed by atoms with Crippen LogP contribution < -0.4 is 21.1 Å². The molecule has 7 nitrogen and oxygen atoms in total. The number of esters is 1. The van der Waals surface area contributed by atoms with Gasteiger partial charge in [0.15, 0.2) is 0 Å². The normalized spacial score (nSPS) is 13.6. The van der Waals surface area contributed by atoms with Crippen LogP contribution in [0.1, 0.15) is 37.7 Å². The lowest BCUT2D eigenvalue weighted by atomic mass is 9.94. The van der Waals surface area contributed by atoms with E-state index in [1.165, 1.54) is 31.0 Å². The molecule has 4 N–H and O–H groups in total. The number of ether oxygens (including phenoxy) is 2. The van der Waals surface area contributed by atoms with E-state index in [1.54, 1.807) is 37.3 Å². The molecule has 0 aromatic heterocycles. The Kier molecular flexibility index (Phi) is 9.24. The van der Waals surface area contributed by atoms with Crippen LogP contribution in [0, 0.1) is 5.92 Å². The second-order valence-electron chi connectivity index (χ2n) is 9.29. The molecule has 3 aromatic carbocycles. The lowest BCUT2D eigenvalue weighted by Crippen LogP contribution is -2.25. The van der Waals surface area contributed by atoms with Gasteiger partial charge in [-0.2, -0.15) is 8.78 Å². The standard InChI is InChI=1S/C29H30ClF2N3O4/c1-2-38-27(36)14-21(18-9-11-19(12-10-18)34-16-17-7-8-17)28(37)35-25-13-22(23(30)15-24(25)33)20-5-3-4-6-26(20)39-29(31)32/h3-6,9-13,15,17,21,29,34H,2,7-8,14,16,33H2,1H3,(H,35,37). The van der Waals surface area contributed by atoms with Crippen LogP contribution in [-0.2, 0) is 14.3 Å². The maximum atomic E-state index is 13.5. The molecule has 0 spiro atoms. The number of anilines is 3. The number of carbonyl (C=O) groups is 2. The maximum Gasteiger partial charge on any atom is 0.387 e. The molecule has 0 heterocycles. The number of nitrogen functional groups attached to an aromatic ring is 1. The Morgan fingerprint density at radius 1 is 1.08 bits per heavy atom. The fourth-order valence-electron chi connectivity index (χ4n) is 4.18. The van der Waals surface area contributed by atoms with Crippen molar-refractivity contribution in [1.29, 1.82) is 0 Å². The molecule has 1 amide bonds. The first kappa shape index (κ1) is 28.2. The average Bonchev–Trinajstić information content (AvgIpc) is 3.73. The molecule has 0 radical (unpaired) electrons. The van der Waals surface area contributed by atoms with E-state index in [1.807, 2.05) is 12.1 Å². The minimum Gasteiger partial charge on any atom is -0.466 e. The van der Waals surface area contributed by atoms with Crippen LogP contribution in [0.2, 0.25) is 5.02 Å². The Labute approximate surface area is 230 Å². The Bertz CT molecular complexity index is 1320. The van der Waals surface area contributed by atoms with Crippen LogP contribution in [0.4, 0.5) is 25.8 Å². The van der Waals surface area contributed by atoms with E-state index >= 15 is 0 Å². The molecule has 0 bridgehead atoms. The van der Waals surface area contributed by atoms with Crippen LogP contribution in [0.25, 0.3) is 11.1 Å². The number of alkyl halides is 2. The molecule has 0 saturated heterocycles. The molecule has 206 valence electrons. The van der Waals surface area contributed by atoms with Gasteiger partial charge < -0.3 is 25.8 Å². The van der Waals surface area contributed by atoms with Gasteiger partial charge in [-0.3, -0.25) is 9.59 Å². The van der Waals surface area contributed by atoms with Gasteiger partial charge in [-0.1, -0.05) is 41.9 Å². The quantitative estimate of drug-likeness (QED) is 0.169. The van der Waals surface area contributed by atoms with Crippen molar-refractivity contribution in [2.24, 2.45) is 5.92 Å². The van der Waals surface area contributed by atoms with Gasteiger partial charge in [-0.25, -0.2) is 0 Å². The molecular weight excluding hydrogens is 528 g/mol. The summed E-state index contributed by atoms with van der Waals surface area (Å²) in [6.45, 7) is -0.254. The third-order valence-corrected chi connectivity index (χ3v) is 6.70. The SMILES string of the molecule is CCOC(=O)CC(C(=O)Nc1cc(-c2ccccc2OC(F)F)c(Cl)cc1N)c1ccc(NCC2CC2)cc1. The number of benzene rings is 3. The Hall–Kier alpha value is -3.85. The molecule has 10 heteroatoms. The Morgan fingerprint density at radius 2 is 1.79 bits per heavy atom. The van der Waals surface area contributed by atoms with Gasteiger partial charge in [0.2, 0.25) is 5.91 Å². The van der Waals surface area contributed by atoms with Gasteiger partial charge >= 0.3 is 12.6 Å². The summed E-state index contributed by atoms with van der Waals surface area (Å²) in [7, 11) is 0. The summed E-state index contributed by atoms with van der Waals surface area (Å²) in [5, 5.41) is 6.35. The second kappa shape index (κ2) is 12.8. The summed E-state index contributed by atoms with van der Waals surface area (Å²) >= 11 is 6.40. The van der Waals surface area contributed by atoms with Crippen molar-refractivity contribution < 1.29 is 27.8 Å². The van der Waals surface area contributed by atoms with Gasteiger partial charge in [-0.15, -0.1) is 0 Å². The topological polar surface area (TPSA) is 103 Å². The molecule has 1 saturated carbocycles. The number of hydrogen-bond acceptors (Lipinski definition) is 6. The van der Waals surface area contributed by atoms with Crippen molar-refractivity contribution in [3.63, 3.8) is 0 Å². The van der Waals surface area contributed by atoms with E-state index < -0.39 is 24.4 Å². The summed E-state index contributed by atoms with van der Waals surface area (Å²) in [5.41, 5.74) is 8.73. The van der Waals surface area contributed by atoms with E-state index in [2.05, 4.69) is 15.4 Å². The molecule has 1 unspecified atom stereocenters. The lowest BCUT2D eigenvalue weighted by molar-refractivity contribution is -0.144. The van der Waals surface area contributed by atoms with E-state index in [9.17, 15) is 18.4 Å². The highest BCUT2D eigenvalue weighted by Gasteiger charge is 2.26. The van der Waals surface area contributed by atoms with E-state index in [0.717, 1.165) is 12.2 Å². The third kappa shape index (κ3) is 7.60.